The van der Waals surface area contributed by atoms with Crippen LogP contribution < -0.4 is 5.73 Å². The minimum Gasteiger partial charge on any atom is -0.384 e. The summed E-state index contributed by atoms with van der Waals surface area (Å²) in [6.45, 7) is 4.78. The lowest BCUT2D eigenvalue weighted by molar-refractivity contribution is -0.106. The van der Waals surface area contributed by atoms with E-state index in [0.29, 0.717) is 12.4 Å². The molecule has 2 heterocycles. The second-order valence-electron chi connectivity index (χ2n) is 4.75. The van der Waals surface area contributed by atoms with E-state index in [0.717, 1.165) is 18.4 Å². The molecular weight excluding hydrogens is 216 g/mol. The fourth-order valence-corrected chi connectivity index (χ4v) is 2.28. The summed E-state index contributed by atoms with van der Waals surface area (Å²) in [5.41, 5.74) is 6.70. The molecule has 1 saturated heterocycles. The average Bonchev–Trinajstić information content (AvgIpc) is 2.25. The van der Waals surface area contributed by atoms with Gasteiger partial charge in [0.2, 0.25) is 0 Å². The van der Waals surface area contributed by atoms with Crippen LogP contribution in [0.25, 0.3) is 0 Å². The quantitative estimate of drug-likeness (QED) is 0.873. The molecule has 94 valence electrons. The number of ether oxygens (including phenoxy) is 2. The minimum absolute atomic E-state index is 0.281. The van der Waals surface area contributed by atoms with Gasteiger partial charge in [-0.3, -0.25) is 0 Å². The molecule has 0 aromatic carbocycles. The zero-order valence-electron chi connectivity index (χ0n) is 10.4. The van der Waals surface area contributed by atoms with Gasteiger partial charge in [0.25, 0.3) is 0 Å². The van der Waals surface area contributed by atoms with Crippen molar-refractivity contribution >= 4 is 5.82 Å². The maximum absolute atomic E-state index is 5.90. The molecule has 0 spiro atoms. The zero-order chi connectivity index (χ0) is 12.3. The number of nitrogens with two attached hydrogens (primary N) is 1. The molecule has 17 heavy (non-hydrogen) atoms. The first kappa shape index (κ1) is 12.3. The van der Waals surface area contributed by atoms with E-state index < -0.39 is 0 Å². The molecule has 0 bridgehead atoms. The number of hydrogen-bond acceptors (Lipinski definition) is 4. The van der Waals surface area contributed by atoms with E-state index in [1.807, 2.05) is 12.1 Å². The fraction of sp³-hybridized carbons (Fsp3) is 0.615. The van der Waals surface area contributed by atoms with Gasteiger partial charge in [0.05, 0.1) is 24.9 Å². The van der Waals surface area contributed by atoms with Crippen molar-refractivity contribution < 1.29 is 9.47 Å². The van der Waals surface area contributed by atoms with Crippen LogP contribution in [0, 0.1) is 0 Å². The number of hydrogen-bond donors (Lipinski definition) is 1. The molecule has 1 fully saturated rings. The largest absolute Gasteiger partial charge is 0.384 e. The van der Waals surface area contributed by atoms with Crippen molar-refractivity contribution in [3.63, 3.8) is 0 Å². The van der Waals surface area contributed by atoms with Crippen LogP contribution in [0.3, 0.4) is 0 Å². The van der Waals surface area contributed by atoms with Gasteiger partial charge in [0.15, 0.2) is 0 Å². The Morgan fingerprint density at radius 2 is 2.12 bits per heavy atom. The van der Waals surface area contributed by atoms with E-state index >= 15 is 0 Å². The first-order valence-electron chi connectivity index (χ1n) is 6.11. The highest BCUT2D eigenvalue weighted by atomic mass is 16.5. The summed E-state index contributed by atoms with van der Waals surface area (Å²) in [5.74, 6) is 0.541. The Kier molecular flexibility index (Phi) is 3.97. The van der Waals surface area contributed by atoms with Crippen molar-refractivity contribution in [3.05, 3.63) is 23.9 Å². The number of nitrogen functional groups attached to an aromatic ring is 1. The van der Waals surface area contributed by atoms with Crippen LogP contribution >= 0.6 is 0 Å². The van der Waals surface area contributed by atoms with Crippen molar-refractivity contribution in [2.24, 2.45) is 0 Å². The maximum Gasteiger partial charge on any atom is 0.123 e. The molecule has 2 atom stereocenters. The van der Waals surface area contributed by atoms with Gasteiger partial charge in [-0.2, -0.15) is 0 Å². The third-order valence-corrected chi connectivity index (χ3v) is 2.99. The van der Waals surface area contributed by atoms with Gasteiger partial charge < -0.3 is 15.2 Å². The van der Waals surface area contributed by atoms with Crippen molar-refractivity contribution in [3.8, 4) is 0 Å². The molecule has 4 nitrogen and oxygen atoms in total. The number of pyridine rings is 1. The van der Waals surface area contributed by atoms with E-state index in [-0.39, 0.29) is 18.3 Å². The lowest BCUT2D eigenvalue weighted by Gasteiger charge is -2.32. The van der Waals surface area contributed by atoms with Crippen molar-refractivity contribution in [1.82, 2.24) is 4.98 Å². The van der Waals surface area contributed by atoms with E-state index in [1.54, 1.807) is 6.20 Å². The molecule has 2 N–H and O–H groups in total. The molecule has 1 aliphatic rings. The molecule has 0 amide bonds. The van der Waals surface area contributed by atoms with Crippen LogP contribution in [0.1, 0.15) is 32.3 Å². The van der Waals surface area contributed by atoms with Crippen molar-refractivity contribution in [2.45, 2.75) is 51.6 Å². The Morgan fingerprint density at radius 3 is 2.76 bits per heavy atom. The normalized spacial score (nSPS) is 29.2. The SMILES string of the molecule is CC1CC(OCc2ccnc(N)c2)CC(C)O1. The summed E-state index contributed by atoms with van der Waals surface area (Å²) in [5, 5.41) is 0. The Hall–Kier alpha value is -1.13. The van der Waals surface area contributed by atoms with E-state index in [1.165, 1.54) is 0 Å². The Labute approximate surface area is 102 Å². The zero-order valence-corrected chi connectivity index (χ0v) is 10.4. The monoisotopic (exact) mass is 236 g/mol. The van der Waals surface area contributed by atoms with Crippen LogP contribution in [0.4, 0.5) is 5.82 Å². The van der Waals surface area contributed by atoms with E-state index in [4.69, 9.17) is 15.2 Å². The van der Waals surface area contributed by atoms with Crippen LogP contribution in [0.15, 0.2) is 18.3 Å². The maximum atomic E-state index is 5.90. The minimum atomic E-state index is 0.281. The Morgan fingerprint density at radius 1 is 1.41 bits per heavy atom. The van der Waals surface area contributed by atoms with Crippen molar-refractivity contribution in [1.29, 1.82) is 0 Å². The summed E-state index contributed by atoms with van der Waals surface area (Å²) in [4.78, 5) is 3.96. The predicted octanol–water partition coefficient (Wildman–Crippen LogP) is 2.14. The highest BCUT2D eigenvalue weighted by Crippen LogP contribution is 2.22. The smallest absolute Gasteiger partial charge is 0.123 e. The molecule has 2 rings (SSSR count). The van der Waals surface area contributed by atoms with Gasteiger partial charge in [-0.05, 0) is 44.4 Å². The third-order valence-electron chi connectivity index (χ3n) is 2.99. The number of nitrogens with zero attached hydrogens (tertiary/aromatic N) is 1. The fourth-order valence-electron chi connectivity index (χ4n) is 2.28. The van der Waals surface area contributed by atoms with Gasteiger partial charge in [0, 0.05) is 6.20 Å². The van der Waals surface area contributed by atoms with Gasteiger partial charge >= 0.3 is 0 Å². The molecule has 1 aromatic rings. The lowest BCUT2D eigenvalue weighted by Crippen LogP contribution is -2.33. The van der Waals surface area contributed by atoms with Crippen LogP contribution in [0.5, 0.6) is 0 Å². The van der Waals surface area contributed by atoms with E-state index in [9.17, 15) is 0 Å². The first-order chi connectivity index (χ1) is 8.13. The van der Waals surface area contributed by atoms with Gasteiger partial charge in [-0.1, -0.05) is 0 Å². The average molecular weight is 236 g/mol. The number of rotatable bonds is 3. The molecule has 0 radical (unpaired) electrons. The van der Waals surface area contributed by atoms with Gasteiger partial charge in [-0.15, -0.1) is 0 Å². The molecule has 4 heteroatoms. The van der Waals surface area contributed by atoms with Crippen molar-refractivity contribution in [2.75, 3.05) is 5.73 Å². The van der Waals surface area contributed by atoms with Crippen LogP contribution in [-0.2, 0) is 16.1 Å². The summed E-state index contributed by atoms with van der Waals surface area (Å²) < 4.78 is 11.6. The predicted molar refractivity (Wildman–Crippen MR) is 66.5 cm³/mol. The molecular formula is C13H20N2O2. The molecule has 0 saturated carbocycles. The highest BCUT2D eigenvalue weighted by molar-refractivity contribution is 5.31. The summed E-state index contributed by atoms with van der Waals surface area (Å²) in [6.07, 6.45) is 4.49. The molecule has 1 aromatic heterocycles. The molecule has 1 aliphatic heterocycles. The second kappa shape index (κ2) is 5.47. The van der Waals surface area contributed by atoms with Crippen LogP contribution in [-0.4, -0.2) is 23.3 Å². The Bertz CT molecular complexity index is 360. The standard InChI is InChI=1S/C13H20N2O2/c1-9-5-12(6-10(2)17-9)16-8-11-3-4-15-13(14)7-11/h3-4,7,9-10,12H,5-6,8H2,1-2H3,(H2,14,15). The summed E-state index contributed by atoms with van der Waals surface area (Å²) in [7, 11) is 0. The third kappa shape index (κ3) is 3.68. The number of aromatic nitrogens is 1. The molecule has 2 unspecified atom stereocenters. The topological polar surface area (TPSA) is 57.4 Å². The second-order valence-corrected chi connectivity index (χ2v) is 4.75. The highest BCUT2D eigenvalue weighted by Gasteiger charge is 2.24. The van der Waals surface area contributed by atoms with Crippen LogP contribution in [0.2, 0.25) is 0 Å². The van der Waals surface area contributed by atoms with E-state index in [2.05, 4.69) is 18.8 Å². The summed E-state index contributed by atoms with van der Waals surface area (Å²) in [6, 6.07) is 3.79. The number of anilines is 1. The molecule has 0 aliphatic carbocycles. The van der Waals surface area contributed by atoms with Gasteiger partial charge in [0.1, 0.15) is 5.82 Å². The first-order valence-corrected chi connectivity index (χ1v) is 6.11. The summed E-state index contributed by atoms with van der Waals surface area (Å²) >= 11 is 0. The lowest BCUT2D eigenvalue weighted by atomic mass is 10.0. The Balaban J connectivity index is 1.85. The van der Waals surface area contributed by atoms with Gasteiger partial charge in [-0.25, -0.2) is 4.98 Å².